The lowest BCUT2D eigenvalue weighted by Crippen LogP contribution is -2.49. The topological polar surface area (TPSA) is 73.0 Å². The van der Waals surface area contributed by atoms with E-state index in [-0.39, 0.29) is 17.7 Å². The zero-order chi connectivity index (χ0) is 24.1. The fourth-order valence-corrected chi connectivity index (χ4v) is 4.61. The summed E-state index contributed by atoms with van der Waals surface area (Å²) in [6, 6.07) is 13.3. The number of likely N-dealkylation sites (tertiary alicyclic amines) is 1. The van der Waals surface area contributed by atoms with E-state index in [1.165, 1.54) is 0 Å². The van der Waals surface area contributed by atoms with E-state index < -0.39 is 0 Å². The van der Waals surface area contributed by atoms with Crippen molar-refractivity contribution in [3.8, 4) is 0 Å². The van der Waals surface area contributed by atoms with E-state index in [1.54, 1.807) is 6.92 Å². The molecule has 0 spiro atoms. The first-order valence-electron chi connectivity index (χ1n) is 12.3. The molecule has 7 nitrogen and oxygen atoms in total. The molecule has 0 radical (unpaired) electrons. The number of piperazine rings is 1. The molecule has 2 aliphatic rings. The number of carbonyl (C=O) groups is 3. The van der Waals surface area contributed by atoms with Crippen molar-refractivity contribution in [1.29, 1.82) is 0 Å². The standard InChI is InChI=1S/C27H34N4O3/c1-3-25(32)28-22-11-12-24(23(19-22)27(34)30-13-5-4-6-14-30)29-15-17-31(18-16-29)26(33)21-9-7-20(2)8-10-21/h7-12,19H,3-6,13-18H2,1-2H3,(H,28,32). The Labute approximate surface area is 201 Å². The molecule has 0 unspecified atom stereocenters. The number of hydrogen-bond acceptors (Lipinski definition) is 4. The number of anilines is 2. The fourth-order valence-electron chi connectivity index (χ4n) is 4.61. The van der Waals surface area contributed by atoms with Gasteiger partial charge in [0.15, 0.2) is 0 Å². The molecule has 2 saturated heterocycles. The monoisotopic (exact) mass is 462 g/mol. The molecule has 0 aliphatic carbocycles. The maximum Gasteiger partial charge on any atom is 0.256 e. The molecule has 3 amide bonds. The second kappa shape index (κ2) is 10.7. The van der Waals surface area contributed by atoms with E-state index in [4.69, 9.17) is 0 Å². The van der Waals surface area contributed by atoms with Crippen molar-refractivity contribution < 1.29 is 14.4 Å². The molecule has 2 aromatic rings. The average Bonchev–Trinajstić information content (AvgIpc) is 2.89. The van der Waals surface area contributed by atoms with E-state index in [9.17, 15) is 14.4 Å². The maximum atomic E-state index is 13.5. The number of piperidine rings is 1. The molecule has 0 saturated carbocycles. The normalized spacial score (nSPS) is 16.4. The molecule has 180 valence electrons. The van der Waals surface area contributed by atoms with Crippen molar-refractivity contribution in [2.45, 2.75) is 39.5 Å². The molecule has 0 bridgehead atoms. The van der Waals surface area contributed by atoms with Gasteiger partial charge in [-0.1, -0.05) is 24.6 Å². The van der Waals surface area contributed by atoms with Gasteiger partial charge in [-0.2, -0.15) is 0 Å². The second-order valence-corrected chi connectivity index (χ2v) is 9.13. The first-order valence-corrected chi connectivity index (χ1v) is 12.3. The number of hydrogen-bond donors (Lipinski definition) is 1. The highest BCUT2D eigenvalue weighted by Crippen LogP contribution is 2.28. The highest BCUT2D eigenvalue weighted by Gasteiger charge is 2.27. The molecular weight excluding hydrogens is 428 g/mol. The number of aryl methyl sites for hydroxylation is 1. The lowest BCUT2D eigenvalue weighted by Gasteiger charge is -2.37. The number of carbonyl (C=O) groups excluding carboxylic acids is 3. The molecule has 2 fully saturated rings. The Morgan fingerprint density at radius 3 is 2.09 bits per heavy atom. The average molecular weight is 463 g/mol. The Morgan fingerprint density at radius 2 is 1.44 bits per heavy atom. The first-order chi connectivity index (χ1) is 16.5. The minimum absolute atomic E-state index is 0.0143. The summed E-state index contributed by atoms with van der Waals surface area (Å²) >= 11 is 0. The van der Waals surface area contributed by atoms with Gasteiger partial charge < -0.3 is 20.0 Å². The van der Waals surface area contributed by atoms with E-state index >= 15 is 0 Å². The van der Waals surface area contributed by atoms with Crippen molar-refractivity contribution in [1.82, 2.24) is 9.80 Å². The minimum Gasteiger partial charge on any atom is -0.367 e. The van der Waals surface area contributed by atoms with Gasteiger partial charge in [-0.15, -0.1) is 0 Å². The van der Waals surface area contributed by atoms with Gasteiger partial charge >= 0.3 is 0 Å². The summed E-state index contributed by atoms with van der Waals surface area (Å²) in [7, 11) is 0. The van der Waals surface area contributed by atoms with Crippen LogP contribution in [0.3, 0.4) is 0 Å². The zero-order valence-corrected chi connectivity index (χ0v) is 20.2. The molecule has 2 aromatic carbocycles. The molecule has 0 atom stereocenters. The fraction of sp³-hybridized carbons (Fsp3) is 0.444. The van der Waals surface area contributed by atoms with Crippen LogP contribution in [-0.2, 0) is 4.79 Å². The van der Waals surface area contributed by atoms with Gasteiger partial charge in [-0.3, -0.25) is 14.4 Å². The highest BCUT2D eigenvalue weighted by molar-refractivity contribution is 6.02. The van der Waals surface area contributed by atoms with E-state index in [2.05, 4.69) is 10.2 Å². The van der Waals surface area contributed by atoms with Crippen molar-refractivity contribution in [3.05, 3.63) is 59.2 Å². The Bertz CT molecular complexity index is 1040. The number of nitrogens with one attached hydrogen (secondary N) is 1. The number of benzene rings is 2. The lowest BCUT2D eigenvalue weighted by atomic mass is 10.0. The Balaban J connectivity index is 1.52. The summed E-state index contributed by atoms with van der Waals surface area (Å²) in [5.41, 5.74) is 3.97. The van der Waals surface area contributed by atoms with Gasteiger partial charge in [0, 0.05) is 62.6 Å². The van der Waals surface area contributed by atoms with Crippen LogP contribution in [0.4, 0.5) is 11.4 Å². The second-order valence-electron chi connectivity index (χ2n) is 9.13. The summed E-state index contributed by atoms with van der Waals surface area (Å²) in [5.74, 6) is -0.0188. The van der Waals surface area contributed by atoms with E-state index in [0.29, 0.717) is 49.4 Å². The molecule has 2 aliphatic heterocycles. The highest BCUT2D eigenvalue weighted by atomic mass is 16.2. The van der Waals surface area contributed by atoms with Gasteiger partial charge in [0.25, 0.3) is 11.8 Å². The Kier molecular flexibility index (Phi) is 7.50. The lowest BCUT2D eigenvalue weighted by molar-refractivity contribution is -0.115. The van der Waals surface area contributed by atoms with E-state index in [1.807, 2.05) is 59.2 Å². The molecule has 34 heavy (non-hydrogen) atoms. The summed E-state index contributed by atoms with van der Waals surface area (Å²) < 4.78 is 0. The smallest absolute Gasteiger partial charge is 0.256 e. The summed E-state index contributed by atoms with van der Waals surface area (Å²) in [6.45, 7) is 7.84. The predicted molar refractivity (Wildman–Crippen MR) is 134 cm³/mol. The van der Waals surface area contributed by atoms with Gasteiger partial charge in [-0.05, 0) is 56.5 Å². The SMILES string of the molecule is CCC(=O)Nc1ccc(N2CCN(C(=O)c3ccc(C)cc3)CC2)c(C(=O)N2CCCCC2)c1. The minimum atomic E-state index is -0.0765. The first kappa shape index (κ1) is 23.8. The van der Waals surface area contributed by atoms with Crippen LogP contribution in [0.2, 0.25) is 0 Å². The van der Waals surface area contributed by atoms with Crippen LogP contribution < -0.4 is 10.2 Å². The molecular formula is C27H34N4O3. The third-order valence-electron chi connectivity index (χ3n) is 6.68. The Morgan fingerprint density at radius 1 is 0.794 bits per heavy atom. The van der Waals surface area contributed by atoms with Crippen LogP contribution in [0.15, 0.2) is 42.5 Å². The third-order valence-corrected chi connectivity index (χ3v) is 6.68. The van der Waals surface area contributed by atoms with Gasteiger partial charge in [0.1, 0.15) is 0 Å². The van der Waals surface area contributed by atoms with Crippen LogP contribution in [0, 0.1) is 6.92 Å². The van der Waals surface area contributed by atoms with Crippen LogP contribution >= 0.6 is 0 Å². The van der Waals surface area contributed by atoms with Gasteiger partial charge in [0.05, 0.1) is 5.56 Å². The van der Waals surface area contributed by atoms with Crippen LogP contribution in [0.25, 0.3) is 0 Å². The zero-order valence-electron chi connectivity index (χ0n) is 20.2. The third kappa shape index (κ3) is 5.41. The quantitative estimate of drug-likeness (QED) is 0.731. The van der Waals surface area contributed by atoms with Crippen LogP contribution in [0.5, 0.6) is 0 Å². The maximum absolute atomic E-state index is 13.5. The number of nitrogens with zero attached hydrogens (tertiary/aromatic N) is 3. The van der Waals surface area contributed by atoms with E-state index in [0.717, 1.165) is 43.6 Å². The summed E-state index contributed by atoms with van der Waals surface area (Å²) in [6.07, 6.45) is 3.58. The van der Waals surface area contributed by atoms with Gasteiger partial charge in [0.2, 0.25) is 5.91 Å². The van der Waals surface area contributed by atoms with Crippen molar-refractivity contribution in [2.24, 2.45) is 0 Å². The molecule has 1 N–H and O–H groups in total. The summed E-state index contributed by atoms with van der Waals surface area (Å²) in [5, 5.41) is 2.88. The predicted octanol–water partition coefficient (Wildman–Crippen LogP) is 3.93. The molecule has 7 heteroatoms. The van der Waals surface area contributed by atoms with Crippen LogP contribution in [-0.4, -0.2) is 66.8 Å². The van der Waals surface area contributed by atoms with Crippen molar-refractivity contribution in [2.75, 3.05) is 49.5 Å². The molecule has 4 rings (SSSR count). The number of amides is 3. The summed E-state index contributed by atoms with van der Waals surface area (Å²) in [4.78, 5) is 44.3. The van der Waals surface area contributed by atoms with Gasteiger partial charge in [-0.25, -0.2) is 0 Å². The van der Waals surface area contributed by atoms with Crippen molar-refractivity contribution in [3.63, 3.8) is 0 Å². The van der Waals surface area contributed by atoms with Crippen molar-refractivity contribution >= 4 is 29.1 Å². The Hall–Kier alpha value is -3.35. The molecule has 2 heterocycles. The number of rotatable bonds is 5. The van der Waals surface area contributed by atoms with Crippen LogP contribution in [0.1, 0.15) is 58.9 Å². The largest absolute Gasteiger partial charge is 0.367 e. The molecule has 0 aromatic heterocycles.